The molecule has 0 aliphatic carbocycles. The first-order chi connectivity index (χ1) is 11.5. The maximum Gasteiger partial charge on any atom is 0.251 e. The second kappa shape index (κ2) is 6.81. The third-order valence-electron chi connectivity index (χ3n) is 5.10. The molecule has 1 aromatic heterocycles. The highest BCUT2D eigenvalue weighted by molar-refractivity contribution is 5.66. The third-order valence-corrected chi connectivity index (χ3v) is 5.10. The lowest BCUT2D eigenvalue weighted by Gasteiger charge is -2.22. The number of nitrogens with zero attached hydrogens (tertiary/aromatic N) is 2. The number of rotatable bonds is 4. The fraction of sp³-hybridized carbons (Fsp3) is 0.450. The molecule has 1 unspecified atom stereocenters. The van der Waals surface area contributed by atoms with Gasteiger partial charge in [-0.25, -0.2) is 0 Å². The first-order valence-corrected chi connectivity index (χ1v) is 8.74. The molecule has 2 aromatic rings. The third kappa shape index (κ3) is 3.24. The van der Waals surface area contributed by atoms with Gasteiger partial charge >= 0.3 is 0 Å². The maximum atomic E-state index is 12.0. The Morgan fingerprint density at radius 1 is 1.25 bits per heavy atom. The Morgan fingerprint density at radius 2 is 1.96 bits per heavy atom. The molecule has 1 aliphatic rings. The molecule has 0 amide bonds. The second-order valence-electron chi connectivity index (χ2n) is 6.93. The topological polar surface area (TPSA) is 39.3 Å². The molecule has 0 radical (unpaired) electrons. The van der Waals surface area contributed by atoms with E-state index in [1.807, 2.05) is 13.0 Å². The van der Waals surface area contributed by atoms with Crippen molar-refractivity contribution in [3.8, 4) is 11.3 Å². The van der Waals surface area contributed by atoms with Crippen LogP contribution in [0.5, 0.6) is 0 Å². The van der Waals surface area contributed by atoms with E-state index in [0.717, 1.165) is 36.3 Å². The van der Waals surface area contributed by atoms with Crippen molar-refractivity contribution in [2.75, 3.05) is 32.1 Å². The first-order valence-electron chi connectivity index (χ1n) is 8.74. The minimum absolute atomic E-state index is 0.000329. The maximum absolute atomic E-state index is 12.0. The average Bonchev–Trinajstić information content (AvgIpc) is 3.07. The molecule has 2 heterocycles. The lowest BCUT2D eigenvalue weighted by Crippen LogP contribution is -2.31. The van der Waals surface area contributed by atoms with Gasteiger partial charge in [-0.3, -0.25) is 4.79 Å². The monoisotopic (exact) mass is 325 g/mol. The zero-order chi connectivity index (χ0) is 17.3. The van der Waals surface area contributed by atoms with Crippen molar-refractivity contribution >= 4 is 5.69 Å². The van der Waals surface area contributed by atoms with E-state index < -0.39 is 0 Å². The van der Waals surface area contributed by atoms with Crippen LogP contribution in [0.4, 0.5) is 5.69 Å². The minimum atomic E-state index is -0.000329. The Morgan fingerprint density at radius 3 is 2.54 bits per heavy atom. The first kappa shape index (κ1) is 16.8. The van der Waals surface area contributed by atoms with Gasteiger partial charge in [0.05, 0.1) is 5.69 Å². The fourth-order valence-electron chi connectivity index (χ4n) is 3.46. The van der Waals surface area contributed by atoms with Crippen molar-refractivity contribution < 1.29 is 0 Å². The number of benzene rings is 1. The number of pyridine rings is 1. The predicted octanol–water partition coefficient (Wildman–Crippen LogP) is 3.05. The van der Waals surface area contributed by atoms with E-state index in [1.165, 1.54) is 17.7 Å². The van der Waals surface area contributed by atoms with Crippen LogP contribution >= 0.6 is 0 Å². The number of H-pyrrole nitrogens is 1. The van der Waals surface area contributed by atoms with Gasteiger partial charge in [-0.05, 0) is 63.2 Å². The fourth-order valence-corrected chi connectivity index (χ4v) is 3.46. The largest absolute Gasteiger partial charge is 0.370 e. The molecule has 128 valence electrons. The van der Waals surface area contributed by atoms with Gasteiger partial charge in [-0.15, -0.1) is 0 Å². The molecule has 1 N–H and O–H groups in total. The smallest absolute Gasteiger partial charge is 0.251 e. The molecule has 0 saturated carbocycles. The summed E-state index contributed by atoms with van der Waals surface area (Å²) in [5.41, 5.74) is 5.26. The molecular weight excluding hydrogens is 298 g/mol. The average molecular weight is 325 g/mol. The molecule has 1 aromatic carbocycles. The molecule has 1 saturated heterocycles. The number of likely N-dealkylation sites (N-methyl/N-ethyl adjacent to an activating group) is 1. The summed E-state index contributed by atoms with van der Waals surface area (Å²) < 4.78 is 0. The van der Waals surface area contributed by atoms with Gasteiger partial charge in [0.1, 0.15) is 0 Å². The van der Waals surface area contributed by atoms with Crippen molar-refractivity contribution in [3.05, 3.63) is 51.8 Å². The van der Waals surface area contributed by atoms with Gasteiger partial charge in [-0.2, -0.15) is 0 Å². The number of hydrogen-bond donors (Lipinski definition) is 1. The van der Waals surface area contributed by atoms with Gasteiger partial charge in [0.2, 0.25) is 0 Å². The van der Waals surface area contributed by atoms with E-state index >= 15 is 0 Å². The number of anilines is 1. The molecular formula is C20H27N3O. The standard InChI is InChI=1S/C20H27N3O/c1-5-15-12-14(2)20(24)21-19(15)16-6-8-17(9-7-16)23-11-10-18(13-23)22(3)4/h6-9,12,18H,5,10-11,13H2,1-4H3,(H,21,24). The van der Waals surface area contributed by atoms with Crippen LogP contribution in [0.1, 0.15) is 24.5 Å². The molecule has 1 atom stereocenters. The van der Waals surface area contributed by atoms with Crippen molar-refractivity contribution in [3.63, 3.8) is 0 Å². The zero-order valence-electron chi connectivity index (χ0n) is 15.1. The van der Waals surface area contributed by atoms with Crippen LogP contribution in [-0.4, -0.2) is 43.1 Å². The van der Waals surface area contributed by atoms with Crippen LogP contribution in [0.15, 0.2) is 35.1 Å². The molecule has 1 fully saturated rings. The molecule has 3 rings (SSSR count). The summed E-state index contributed by atoms with van der Waals surface area (Å²) in [6.07, 6.45) is 2.12. The number of aromatic nitrogens is 1. The van der Waals surface area contributed by atoms with Crippen LogP contribution in [0, 0.1) is 6.92 Å². The molecule has 4 nitrogen and oxygen atoms in total. The van der Waals surface area contributed by atoms with Crippen LogP contribution in [0.3, 0.4) is 0 Å². The highest BCUT2D eigenvalue weighted by Gasteiger charge is 2.24. The van der Waals surface area contributed by atoms with Crippen molar-refractivity contribution in [2.45, 2.75) is 32.7 Å². The number of aromatic amines is 1. The summed E-state index contributed by atoms with van der Waals surface area (Å²) in [6.45, 7) is 6.16. The Kier molecular flexibility index (Phi) is 4.76. The summed E-state index contributed by atoms with van der Waals surface area (Å²) in [5.74, 6) is 0. The summed E-state index contributed by atoms with van der Waals surface area (Å²) in [6, 6.07) is 11.2. The van der Waals surface area contributed by atoms with E-state index in [4.69, 9.17) is 0 Å². The predicted molar refractivity (Wildman–Crippen MR) is 101 cm³/mol. The summed E-state index contributed by atoms with van der Waals surface area (Å²) in [5, 5.41) is 0. The van der Waals surface area contributed by atoms with Gasteiger partial charge in [0.25, 0.3) is 5.56 Å². The van der Waals surface area contributed by atoms with Gasteiger partial charge in [0, 0.05) is 30.4 Å². The molecule has 0 spiro atoms. The molecule has 24 heavy (non-hydrogen) atoms. The van der Waals surface area contributed by atoms with E-state index in [2.05, 4.69) is 60.1 Å². The normalized spacial score (nSPS) is 17.7. The Hall–Kier alpha value is -2.07. The van der Waals surface area contributed by atoms with E-state index in [0.29, 0.717) is 6.04 Å². The number of nitrogens with one attached hydrogen (secondary N) is 1. The Balaban J connectivity index is 1.86. The van der Waals surface area contributed by atoms with Gasteiger partial charge in [-0.1, -0.05) is 19.1 Å². The van der Waals surface area contributed by atoms with Crippen molar-refractivity contribution in [1.29, 1.82) is 0 Å². The number of hydrogen-bond acceptors (Lipinski definition) is 3. The van der Waals surface area contributed by atoms with Gasteiger partial charge < -0.3 is 14.8 Å². The van der Waals surface area contributed by atoms with Gasteiger partial charge in [0.15, 0.2) is 0 Å². The van der Waals surface area contributed by atoms with Crippen LogP contribution in [0.2, 0.25) is 0 Å². The van der Waals surface area contributed by atoms with E-state index in [-0.39, 0.29) is 5.56 Å². The zero-order valence-corrected chi connectivity index (χ0v) is 15.1. The van der Waals surface area contributed by atoms with Crippen LogP contribution in [-0.2, 0) is 6.42 Å². The van der Waals surface area contributed by atoms with E-state index in [1.54, 1.807) is 0 Å². The lowest BCUT2D eigenvalue weighted by molar-refractivity contribution is 0.315. The van der Waals surface area contributed by atoms with E-state index in [9.17, 15) is 4.79 Å². The second-order valence-corrected chi connectivity index (χ2v) is 6.93. The minimum Gasteiger partial charge on any atom is -0.370 e. The Bertz CT molecular complexity index is 761. The molecule has 0 bridgehead atoms. The van der Waals surface area contributed by atoms with Crippen molar-refractivity contribution in [2.24, 2.45) is 0 Å². The highest BCUT2D eigenvalue weighted by atomic mass is 16.1. The SMILES string of the molecule is CCc1cc(C)c(=O)[nH]c1-c1ccc(N2CCC(N(C)C)C2)cc1. The molecule has 4 heteroatoms. The summed E-state index contributed by atoms with van der Waals surface area (Å²) in [7, 11) is 4.30. The van der Waals surface area contributed by atoms with Crippen molar-refractivity contribution in [1.82, 2.24) is 9.88 Å². The molecule has 1 aliphatic heterocycles. The lowest BCUT2D eigenvalue weighted by atomic mass is 10.0. The Labute approximate surface area is 144 Å². The number of aryl methyl sites for hydroxylation is 2. The summed E-state index contributed by atoms with van der Waals surface area (Å²) in [4.78, 5) is 19.8. The van der Waals surface area contributed by atoms with Crippen LogP contribution in [0.25, 0.3) is 11.3 Å². The quantitative estimate of drug-likeness (QED) is 0.939. The highest BCUT2D eigenvalue weighted by Crippen LogP contribution is 2.27. The van der Waals surface area contributed by atoms with Crippen LogP contribution < -0.4 is 10.5 Å². The summed E-state index contributed by atoms with van der Waals surface area (Å²) >= 11 is 0.